The first-order valence-electron chi connectivity index (χ1n) is 8.40. The molecule has 2 amide bonds. The second-order valence-electron chi connectivity index (χ2n) is 5.73. The first kappa shape index (κ1) is 19.3. The van der Waals surface area contributed by atoms with Crippen molar-refractivity contribution in [3.63, 3.8) is 0 Å². The minimum Gasteiger partial charge on any atom is -0.493 e. The van der Waals surface area contributed by atoms with Crippen LogP contribution in [0.3, 0.4) is 0 Å². The van der Waals surface area contributed by atoms with E-state index in [-0.39, 0.29) is 18.4 Å². The molecule has 0 bridgehead atoms. The molecule has 0 fully saturated rings. The van der Waals surface area contributed by atoms with Crippen LogP contribution < -0.4 is 20.1 Å². The highest BCUT2D eigenvalue weighted by Crippen LogP contribution is 2.27. The summed E-state index contributed by atoms with van der Waals surface area (Å²) in [6, 6.07) is 15.2. The van der Waals surface area contributed by atoms with E-state index in [1.54, 1.807) is 14.2 Å². The Kier molecular flexibility index (Phi) is 7.49. The van der Waals surface area contributed by atoms with Crippen molar-refractivity contribution in [2.45, 2.75) is 19.4 Å². The van der Waals surface area contributed by atoms with Gasteiger partial charge in [-0.2, -0.15) is 0 Å². The van der Waals surface area contributed by atoms with Gasteiger partial charge in [-0.3, -0.25) is 9.59 Å². The summed E-state index contributed by atoms with van der Waals surface area (Å²) in [7, 11) is 3.15. The molecule has 0 aromatic heterocycles. The lowest BCUT2D eigenvalue weighted by molar-refractivity contribution is -0.126. The average molecular weight is 356 g/mol. The highest BCUT2D eigenvalue weighted by molar-refractivity contribution is 5.84. The summed E-state index contributed by atoms with van der Waals surface area (Å²) in [6.07, 6.45) is 0.846. The van der Waals surface area contributed by atoms with Crippen molar-refractivity contribution in [2.24, 2.45) is 0 Å². The van der Waals surface area contributed by atoms with E-state index in [1.807, 2.05) is 48.5 Å². The van der Waals surface area contributed by atoms with Gasteiger partial charge in [-0.15, -0.1) is 0 Å². The van der Waals surface area contributed by atoms with E-state index in [1.165, 1.54) is 0 Å². The summed E-state index contributed by atoms with van der Waals surface area (Å²) in [5.41, 5.74) is 1.98. The topological polar surface area (TPSA) is 76.7 Å². The maximum Gasteiger partial charge on any atom is 0.239 e. The van der Waals surface area contributed by atoms with Crippen molar-refractivity contribution in [1.29, 1.82) is 0 Å². The van der Waals surface area contributed by atoms with Crippen molar-refractivity contribution in [2.75, 3.05) is 20.8 Å². The number of amides is 2. The molecule has 6 heteroatoms. The number of nitrogens with one attached hydrogen (secondary N) is 2. The maximum absolute atomic E-state index is 11.9. The zero-order chi connectivity index (χ0) is 18.8. The molecule has 0 aliphatic rings. The van der Waals surface area contributed by atoms with E-state index in [4.69, 9.17) is 9.47 Å². The molecule has 2 N–H and O–H groups in total. The van der Waals surface area contributed by atoms with Crippen molar-refractivity contribution < 1.29 is 19.1 Å². The molecule has 0 unspecified atom stereocenters. The van der Waals surface area contributed by atoms with Crippen molar-refractivity contribution in [3.8, 4) is 11.5 Å². The van der Waals surface area contributed by atoms with Crippen molar-refractivity contribution >= 4 is 11.8 Å². The summed E-state index contributed by atoms with van der Waals surface area (Å²) in [4.78, 5) is 23.7. The molecule has 26 heavy (non-hydrogen) atoms. The quantitative estimate of drug-likeness (QED) is 0.721. The summed E-state index contributed by atoms with van der Waals surface area (Å²) >= 11 is 0. The Morgan fingerprint density at radius 1 is 0.846 bits per heavy atom. The number of hydrogen-bond donors (Lipinski definition) is 2. The van der Waals surface area contributed by atoms with Crippen LogP contribution in [0.1, 0.15) is 17.5 Å². The third kappa shape index (κ3) is 6.12. The predicted molar refractivity (Wildman–Crippen MR) is 99.2 cm³/mol. The lowest BCUT2D eigenvalue weighted by Crippen LogP contribution is -2.36. The van der Waals surface area contributed by atoms with Crippen LogP contribution in [-0.2, 0) is 22.6 Å². The number of carbonyl (C=O) groups is 2. The number of rotatable bonds is 9. The fourth-order valence-electron chi connectivity index (χ4n) is 2.42. The third-order valence-electron chi connectivity index (χ3n) is 3.87. The van der Waals surface area contributed by atoms with Gasteiger partial charge in [0.2, 0.25) is 11.8 Å². The van der Waals surface area contributed by atoms with Gasteiger partial charge in [0.05, 0.1) is 20.8 Å². The van der Waals surface area contributed by atoms with Crippen LogP contribution in [0, 0.1) is 0 Å². The Balaban J connectivity index is 1.71. The van der Waals surface area contributed by atoms with Crippen LogP contribution >= 0.6 is 0 Å². The second kappa shape index (κ2) is 10.1. The van der Waals surface area contributed by atoms with Gasteiger partial charge < -0.3 is 20.1 Å². The van der Waals surface area contributed by atoms with E-state index in [0.717, 1.165) is 11.1 Å². The fourth-order valence-corrected chi connectivity index (χ4v) is 2.42. The number of ether oxygens (including phenoxy) is 2. The molecule has 2 aromatic rings. The van der Waals surface area contributed by atoms with Crippen LogP contribution in [0.2, 0.25) is 0 Å². The third-order valence-corrected chi connectivity index (χ3v) is 3.87. The lowest BCUT2D eigenvalue weighted by atomic mass is 10.1. The minimum atomic E-state index is -0.215. The summed E-state index contributed by atoms with van der Waals surface area (Å²) in [5.74, 6) is 0.893. The van der Waals surface area contributed by atoms with Crippen LogP contribution in [-0.4, -0.2) is 32.6 Å². The number of carbonyl (C=O) groups excluding carboxylic acids is 2. The van der Waals surface area contributed by atoms with Crippen molar-refractivity contribution in [1.82, 2.24) is 10.6 Å². The van der Waals surface area contributed by atoms with E-state index in [0.29, 0.717) is 30.9 Å². The molecular formula is C20H24N2O4. The Morgan fingerprint density at radius 3 is 2.27 bits per heavy atom. The Morgan fingerprint density at radius 2 is 1.58 bits per heavy atom. The zero-order valence-electron chi connectivity index (χ0n) is 15.1. The van der Waals surface area contributed by atoms with Gasteiger partial charge in [0.15, 0.2) is 11.5 Å². The van der Waals surface area contributed by atoms with E-state index in [9.17, 15) is 9.59 Å². The van der Waals surface area contributed by atoms with Crippen molar-refractivity contribution in [3.05, 3.63) is 59.7 Å². The molecule has 6 nitrogen and oxygen atoms in total. The van der Waals surface area contributed by atoms with Gasteiger partial charge in [0.1, 0.15) is 0 Å². The molecule has 0 atom stereocenters. The monoisotopic (exact) mass is 356 g/mol. The first-order valence-corrected chi connectivity index (χ1v) is 8.40. The normalized spacial score (nSPS) is 10.1. The number of aryl methyl sites for hydroxylation is 1. The molecule has 0 radical (unpaired) electrons. The van der Waals surface area contributed by atoms with Gasteiger partial charge in [-0.25, -0.2) is 0 Å². The first-order chi connectivity index (χ1) is 12.6. The van der Waals surface area contributed by atoms with Crippen LogP contribution in [0.15, 0.2) is 48.5 Å². The Labute approximate surface area is 153 Å². The largest absolute Gasteiger partial charge is 0.493 e. The summed E-state index contributed by atoms with van der Waals surface area (Å²) in [6.45, 7) is 0.415. The standard InChI is InChI=1S/C20H24N2O4/c1-25-17-10-8-15(12-18(17)26-2)9-11-19(23)22-14-20(24)21-13-16-6-4-3-5-7-16/h3-8,10,12H,9,11,13-14H2,1-2H3,(H,21,24)(H,22,23). The number of hydrogen-bond acceptors (Lipinski definition) is 4. The fraction of sp³-hybridized carbons (Fsp3) is 0.300. The van der Waals surface area contributed by atoms with Gasteiger partial charge in [-0.1, -0.05) is 36.4 Å². The second-order valence-corrected chi connectivity index (χ2v) is 5.73. The van der Waals surface area contributed by atoms with E-state index in [2.05, 4.69) is 10.6 Å². The van der Waals surface area contributed by atoms with Gasteiger partial charge >= 0.3 is 0 Å². The van der Waals surface area contributed by atoms with Gasteiger partial charge in [0.25, 0.3) is 0 Å². The maximum atomic E-state index is 11.9. The Hall–Kier alpha value is -3.02. The van der Waals surface area contributed by atoms with Crippen LogP contribution in [0.25, 0.3) is 0 Å². The zero-order valence-corrected chi connectivity index (χ0v) is 15.1. The van der Waals surface area contributed by atoms with E-state index >= 15 is 0 Å². The highest BCUT2D eigenvalue weighted by Gasteiger charge is 2.08. The minimum absolute atomic E-state index is 0.0302. The average Bonchev–Trinajstić information content (AvgIpc) is 2.69. The molecule has 0 heterocycles. The van der Waals surface area contributed by atoms with Gasteiger partial charge in [0, 0.05) is 13.0 Å². The van der Waals surface area contributed by atoms with Gasteiger partial charge in [-0.05, 0) is 29.7 Å². The van der Waals surface area contributed by atoms with E-state index < -0.39 is 0 Å². The SMILES string of the molecule is COc1ccc(CCC(=O)NCC(=O)NCc2ccccc2)cc1OC. The summed E-state index contributed by atoms with van der Waals surface area (Å²) < 4.78 is 10.4. The Bertz CT molecular complexity index is 732. The molecule has 2 aromatic carbocycles. The molecule has 0 spiro atoms. The summed E-state index contributed by atoms with van der Waals surface area (Å²) in [5, 5.41) is 5.40. The number of benzene rings is 2. The molecular weight excluding hydrogens is 332 g/mol. The molecule has 138 valence electrons. The molecule has 0 saturated carbocycles. The molecule has 2 rings (SSSR count). The van der Waals surface area contributed by atoms with Crippen LogP contribution in [0.5, 0.6) is 11.5 Å². The lowest BCUT2D eigenvalue weighted by Gasteiger charge is -2.10. The highest BCUT2D eigenvalue weighted by atomic mass is 16.5. The molecule has 0 saturated heterocycles. The molecule has 0 aliphatic carbocycles. The molecule has 0 aliphatic heterocycles. The number of methoxy groups -OCH3 is 2. The predicted octanol–water partition coefficient (Wildman–Crippen LogP) is 2.07. The van der Waals surface area contributed by atoms with Crippen LogP contribution in [0.4, 0.5) is 0 Å². The smallest absolute Gasteiger partial charge is 0.239 e.